The van der Waals surface area contributed by atoms with Gasteiger partial charge in [0, 0.05) is 30.3 Å². The third-order valence-corrected chi connectivity index (χ3v) is 5.43. The predicted octanol–water partition coefficient (Wildman–Crippen LogP) is 1.62. The molecule has 1 saturated carbocycles. The molecule has 8 heteroatoms. The van der Waals surface area contributed by atoms with Crippen LogP contribution in [-0.4, -0.2) is 52.3 Å². The monoisotopic (exact) mass is 387 g/mol. The lowest BCUT2D eigenvalue weighted by Crippen LogP contribution is -2.38. The van der Waals surface area contributed by atoms with Crippen molar-refractivity contribution in [3.05, 3.63) is 29.8 Å². The number of hydrogen-bond acceptors (Lipinski definition) is 4. The van der Waals surface area contributed by atoms with Gasteiger partial charge in [0.1, 0.15) is 6.04 Å². The van der Waals surface area contributed by atoms with E-state index in [0.717, 1.165) is 25.7 Å². The Morgan fingerprint density at radius 2 is 1.79 bits per heavy atom. The smallest absolute Gasteiger partial charge is 0.325 e. The lowest BCUT2D eigenvalue weighted by atomic mass is 10.1. The summed E-state index contributed by atoms with van der Waals surface area (Å²) in [6, 6.07) is 5.49. The van der Waals surface area contributed by atoms with Crippen molar-refractivity contribution in [2.75, 3.05) is 11.9 Å². The van der Waals surface area contributed by atoms with Gasteiger partial charge < -0.3 is 20.6 Å². The Morgan fingerprint density at radius 3 is 2.39 bits per heavy atom. The van der Waals surface area contributed by atoms with E-state index in [-0.39, 0.29) is 30.2 Å². The summed E-state index contributed by atoms with van der Waals surface area (Å²) >= 11 is 0. The molecule has 0 aromatic heterocycles. The molecule has 1 aliphatic carbocycles. The molecule has 3 amide bonds. The first-order chi connectivity index (χ1) is 13.3. The van der Waals surface area contributed by atoms with E-state index >= 15 is 0 Å². The summed E-state index contributed by atoms with van der Waals surface area (Å²) in [5, 5.41) is 14.0. The Balaban J connectivity index is 1.55. The SMILES string of the molecule is CC(NC(=O)c1ccc(NC(=O)C2CC(=O)N(C3CCCC3)C2)cc1)C(=O)O. The summed E-state index contributed by atoms with van der Waals surface area (Å²) in [5.74, 6) is -2.14. The fourth-order valence-corrected chi connectivity index (χ4v) is 3.77. The number of carboxylic acids is 1. The number of amides is 3. The number of nitrogens with one attached hydrogen (secondary N) is 2. The Labute approximate surface area is 163 Å². The van der Waals surface area contributed by atoms with E-state index < -0.39 is 17.9 Å². The van der Waals surface area contributed by atoms with E-state index in [1.165, 1.54) is 19.1 Å². The molecule has 3 N–H and O–H groups in total. The maximum atomic E-state index is 12.5. The van der Waals surface area contributed by atoms with E-state index in [9.17, 15) is 19.2 Å². The molecular weight excluding hydrogens is 362 g/mol. The molecule has 1 aromatic rings. The van der Waals surface area contributed by atoms with Crippen molar-refractivity contribution in [3.63, 3.8) is 0 Å². The molecule has 150 valence electrons. The quantitative estimate of drug-likeness (QED) is 0.686. The van der Waals surface area contributed by atoms with Crippen LogP contribution in [-0.2, 0) is 14.4 Å². The Morgan fingerprint density at radius 1 is 1.14 bits per heavy atom. The van der Waals surface area contributed by atoms with Gasteiger partial charge in [0.05, 0.1) is 5.92 Å². The molecule has 8 nitrogen and oxygen atoms in total. The third-order valence-electron chi connectivity index (χ3n) is 5.43. The van der Waals surface area contributed by atoms with Crippen molar-refractivity contribution in [3.8, 4) is 0 Å². The van der Waals surface area contributed by atoms with Crippen molar-refractivity contribution in [1.82, 2.24) is 10.2 Å². The first-order valence-corrected chi connectivity index (χ1v) is 9.59. The van der Waals surface area contributed by atoms with Crippen molar-refractivity contribution < 1.29 is 24.3 Å². The maximum absolute atomic E-state index is 12.5. The molecule has 1 aliphatic heterocycles. The van der Waals surface area contributed by atoms with Gasteiger partial charge in [-0.15, -0.1) is 0 Å². The molecule has 2 fully saturated rings. The van der Waals surface area contributed by atoms with Crippen molar-refractivity contribution in [2.45, 2.75) is 51.1 Å². The number of carbonyl (C=O) groups excluding carboxylic acids is 3. The summed E-state index contributed by atoms with van der Waals surface area (Å²) in [6.45, 7) is 1.84. The lowest BCUT2D eigenvalue weighted by molar-refractivity contribution is -0.138. The normalized spacial score (nSPS) is 20.8. The van der Waals surface area contributed by atoms with Crippen LogP contribution in [0.1, 0.15) is 49.4 Å². The van der Waals surface area contributed by atoms with E-state index in [2.05, 4.69) is 10.6 Å². The molecule has 28 heavy (non-hydrogen) atoms. The second-order valence-corrected chi connectivity index (χ2v) is 7.49. The summed E-state index contributed by atoms with van der Waals surface area (Å²) < 4.78 is 0. The minimum Gasteiger partial charge on any atom is -0.480 e. The minimum atomic E-state index is -1.12. The first kappa shape index (κ1) is 19.9. The summed E-state index contributed by atoms with van der Waals surface area (Å²) in [7, 11) is 0. The molecule has 0 bridgehead atoms. The molecule has 1 aromatic carbocycles. The van der Waals surface area contributed by atoms with Gasteiger partial charge in [0.2, 0.25) is 11.8 Å². The highest BCUT2D eigenvalue weighted by molar-refractivity contribution is 5.99. The Kier molecular flexibility index (Phi) is 5.96. The van der Waals surface area contributed by atoms with Crippen molar-refractivity contribution >= 4 is 29.4 Å². The average Bonchev–Trinajstić information content (AvgIpc) is 3.31. The van der Waals surface area contributed by atoms with E-state index in [0.29, 0.717) is 17.8 Å². The number of rotatable bonds is 6. The maximum Gasteiger partial charge on any atom is 0.325 e. The standard InChI is InChI=1S/C20H25N3O5/c1-12(20(27)28)21-18(25)13-6-8-15(9-7-13)22-19(26)14-10-17(24)23(11-14)16-4-2-3-5-16/h6-9,12,14,16H,2-5,10-11H2,1H3,(H,21,25)(H,22,26)(H,27,28). The fraction of sp³-hybridized carbons (Fsp3) is 0.500. The van der Waals surface area contributed by atoms with Crippen LogP contribution in [0.4, 0.5) is 5.69 Å². The second kappa shape index (κ2) is 8.41. The molecule has 2 aliphatic rings. The number of likely N-dealkylation sites (tertiary alicyclic amines) is 1. The molecular formula is C20H25N3O5. The van der Waals surface area contributed by atoms with Crippen molar-refractivity contribution in [1.29, 1.82) is 0 Å². The van der Waals surface area contributed by atoms with Gasteiger partial charge in [-0.25, -0.2) is 0 Å². The summed E-state index contributed by atoms with van der Waals surface area (Å²) in [6.07, 6.45) is 4.54. The lowest BCUT2D eigenvalue weighted by Gasteiger charge is -2.23. The molecule has 3 rings (SSSR count). The zero-order valence-corrected chi connectivity index (χ0v) is 15.8. The van der Waals surface area contributed by atoms with Crippen molar-refractivity contribution in [2.24, 2.45) is 5.92 Å². The molecule has 0 radical (unpaired) electrons. The van der Waals surface area contributed by atoms with Gasteiger partial charge in [0.25, 0.3) is 5.91 Å². The molecule has 1 heterocycles. The molecule has 0 spiro atoms. The van der Waals surface area contributed by atoms with Crippen LogP contribution in [0, 0.1) is 5.92 Å². The Hall–Kier alpha value is -2.90. The van der Waals surface area contributed by atoms with Gasteiger partial charge in [-0.3, -0.25) is 19.2 Å². The third kappa shape index (κ3) is 4.49. The zero-order chi connectivity index (χ0) is 20.3. The number of aliphatic carboxylic acids is 1. The van der Waals surface area contributed by atoms with Crippen LogP contribution in [0.3, 0.4) is 0 Å². The summed E-state index contributed by atoms with van der Waals surface area (Å²) in [4.78, 5) is 49.4. The predicted molar refractivity (Wildman–Crippen MR) is 102 cm³/mol. The first-order valence-electron chi connectivity index (χ1n) is 9.59. The number of carboxylic acid groups (broad SMARTS) is 1. The van der Waals surface area contributed by atoms with E-state index in [1.54, 1.807) is 12.1 Å². The number of carbonyl (C=O) groups is 4. The molecule has 1 saturated heterocycles. The highest BCUT2D eigenvalue weighted by atomic mass is 16.4. The largest absolute Gasteiger partial charge is 0.480 e. The van der Waals surface area contributed by atoms with E-state index in [4.69, 9.17) is 5.11 Å². The van der Waals surface area contributed by atoms with Gasteiger partial charge in [-0.1, -0.05) is 12.8 Å². The summed E-state index contributed by atoms with van der Waals surface area (Å²) in [5.41, 5.74) is 0.828. The topological polar surface area (TPSA) is 116 Å². The van der Waals surface area contributed by atoms with Crippen LogP contribution in [0.2, 0.25) is 0 Å². The van der Waals surface area contributed by atoms with Gasteiger partial charge in [-0.2, -0.15) is 0 Å². The van der Waals surface area contributed by atoms with Crippen LogP contribution >= 0.6 is 0 Å². The Bertz CT molecular complexity index is 771. The number of hydrogen-bond donors (Lipinski definition) is 3. The average molecular weight is 387 g/mol. The van der Waals surface area contributed by atoms with Crippen LogP contribution < -0.4 is 10.6 Å². The van der Waals surface area contributed by atoms with Crippen LogP contribution in [0.15, 0.2) is 24.3 Å². The highest BCUT2D eigenvalue weighted by Crippen LogP contribution is 2.30. The van der Waals surface area contributed by atoms with Gasteiger partial charge in [-0.05, 0) is 44.0 Å². The zero-order valence-electron chi connectivity index (χ0n) is 15.8. The molecule has 2 atom stereocenters. The fourth-order valence-electron chi connectivity index (χ4n) is 3.77. The van der Waals surface area contributed by atoms with Crippen LogP contribution in [0.25, 0.3) is 0 Å². The second-order valence-electron chi connectivity index (χ2n) is 7.49. The molecule has 2 unspecified atom stereocenters. The highest BCUT2D eigenvalue weighted by Gasteiger charge is 2.38. The minimum absolute atomic E-state index is 0.0478. The van der Waals surface area contributed by atoms with Gasteiger partial charge >= 0.3 is 5.97 Å². The van der Waals surface area contributed by atoms with Crippen LogP contribution in [0.5, 0.6) is 0 Å². The van der Waals surface area contributed by atoms with E-state index in [1.807, 2.05) is 4.90 Å². The van der Waals surface area contributed by atoms with Gasteiger partial charge in [0.15, 0.2) is 0 Å². The number of benzene rings is 1. The number of anilines is 1. The number of nitrogens with zero attached hydrogens (tertiary/aromatic N) is 1.